The quantitative estimate of drug-likeness (QED) is 0.346. The Labute approximate surface area is 203 Å². The van der Waals surface area contributed by atoms with Crippen molar-refractivity contribution in [2.24, 2.45) is 5.92 Å². The lowest BCUT2D eigenvalue weighted by molar-refractivity contribution is -0.121. The van der Waals surface area contributed by atoms with E-state index < -0.39 is 6.10 Å². The molecule has 2 aromatic rings. The number of carbonyl (C=O) groups excluding carboxylic acids is 1. The van der Waals surface area contributed by atoms with Gasteiger partial charge in [0.2, 0.25) is 5.91 Å². The molecule has 3 rings (SSSR count). The highest BCUT2D eigenvalue weighted by Crippen LogP contribution is 2.26. The summed E-state index contributed by atoms with van der Waals surface area (Å²) >= 11 is 0. The van der Waals surface area contributed by atoms with Crippen LogP contribution in [0.2, 0.25) is 0 Å². The van der Waals surface area contributed by atoms with Crippen LogP contribution in [0.1, 0.15) is 74.3 Å². The van der Waals surface area contributed by atoms with E-state index in [1.807, 2.05) is 12.1 Å². The minimum Gasteiger partial charge on any atom is -0.508 e. The fourth-order valence-corrected chi connectivity index (χ4v) is 4.90. The standard InChI is InChI=1S/C28H40N2O4/c1-19(29-17-27(33)24-11-12-26(32)25(16-24)18-31)13-21-7-6-8-22(14-21)15-28(34)30-20(2)23-9-4-3-5-10-23/h6-8,11-12,14,16,19-20,23,27,29,31-33H,3-5,9-10,13,15,17-18H2,1-2H3,(H,30,34)/t19-,20+,27-/m1/s1. The topological polar surface area (TPSA) is 102 Å². The second-order valence-electron chi connectivity index (χ2n) is 9.83. The van der Waals surface area contributed by atoms with Crippen LogP contribution in [0.3, 0.4) is 0 Å². The third-order valence-corrected chi connectivity index (χ3v) is 6.96. The summed E-state index contributed by atoms with van der Waals surface area (Å²) in [7, 11) is 0. The molecule has 0 bridgehead atoms. The van der Waals surface area contributed by atoms with Crippen molar-refractivity contribution in [3.63, 3.8) is 0 Å². The van der Waals surface area contributed by atoms with E-state index in [4.69, 9.17) is 0 Å². The van der Waals surface area contributed by atoms with Crippen LogP contribution >= 0.6 is 0 Å². The number of aromatic hydroxyl groups is 1. The highest BCUT2D eigenvalue weighted by atomic mass is 16.3. The summed E-state index contributed by atoms with van der Waals surface area (Å²) in [6.45, 7) is 4.28. The van der Waals surface area contributed by atoms with E-state index in [1.165, 1.54) is 38.2 Å². The van der Waals surface area contributed by atoms with E-state index in [9.17, 15) is 20.1 Å². The number of carbonyl (C=O) groups is 1. The molecule has 0 spiro atoms. The Kier molecular flexibility index (Phi) is 9.93. The van der Waals surface area contributed by atoms with Gasteiger partial charge in [0.25, 0.3) is 0 Å². The summed E-state index contributed by atoms with van der Waals surface area (Å²) in [6, 6.07) is 13.3. The number of nitrogens with one attached hydrogen (secondary N) is 2. The Morgan fingerprint density at radius 3 is 2.53 bits per heavy atom. The van der Waals surface area contributed by atoms with Crippen molar-refractivity contribution in [1.29, 1.82) is 0 Å². The number of hydrogen-bond donors (Lipinski definition) is 5. The van der Waals surface area contributed by atoms with Crippen molar-refractivity contribution in [3.8, 4) is 5.75 Å². The van der Waals surface area contributed by atoms with Crippen LogP contribution in [-0.4, -0.2) is 39.9 Å². The van der Waals surface area contributed by atoms with Gasteiger partial charge in [-0.15, -0.1) is 0 Å². The van der Waals surface area contributed by atoms with E-state index in [1.54, 1.807) is 12.1 Å². The molecule has 6 heteroatoms. The molecular weight excluding hydrogens is 428 g/mol. The number of aliphatic hydroxyl groups excluding tert-OH is 2. The van der Waals surface area contributed by atoms with Crippen LogP contribution in [-0.2, 0) is 24.2 Å². The van der Waals surface area contributed by atoms with Crippen molar-refractivity contribution in [2.45, 2.75) is 83.6 Å². The molecule has 34 heavy (non-hydrogen) atoms. The molecule has 1 saturated carbocycles. The van der Waals surface area contributed by atoms with E-state index >= 15 is 0 Å². The second-order valence-corrected chi connectivity index (χ2v) is 9.83. The van der Waals surface area contributed by atoms with E-state index in [-0.39, 0.29) is 30.3 Å². The fraction of sp³-hybridized carbons (Fsp3) is 0.536. The van der Waals surface area contributed by atoms with Gasteiger partial charge in [-0.1, -0.05) is 49.6 Å². The first kappa shape index (κ1) is 26.2. The van der Waals surface area contributed by atoms with Crippen LogP contribution in [0, 0.1) is 5.92 Å². The summed E-state index contributed by atoms with van der Waals surface area (Å²) in [5, 5.41) is 36.0. The SMILES string of the molecule is C[C@H](Cc1cccc(CC(=O)N[C@@H](C)C2CCCCC2)c1)NC[C@@H](O)c1ccc(O)c(CO)c1. The van der Waals surface area contributed by atoms with E-state index in [0.29, 0.717) is 30.0 Å². The summed E-state index contributed by atoms with van der Waals surface area (Å²) in [4.78, 5) is 12.6. The van der Waals surface area contributed by atoms with Crippen LogP contribution in [0.4, 0.5) is 0 Å². The predicted octanol–water partition coefficient (Wildman–Crippen LogP) is 3.77. The molecule has 0 radical (unpaired) electrons. The minimum atomic E-state index is -0.741. The number of phenols is 1. The molecule has 186 valence electrons. The molecule has 1 aliphatic carbocycles. The van der Waals surface area contributed by atoms with Crippen LogP contribution in [0.25, 0.3) is 0 Å². The average molecular weight is 469 g/mol. The molecule has 0 aliphatic heterocycles. The van der Waals surface area contributed by atoms with E-state index in [0.717, 1.165) is 17.5 Å². The monoisotopic (exact) mass is 468 g/mol. The summed E-state index contributed by atoms with van der Waals surface area (Å²) in [6.07, 6.45) is 6.71. The zero-order valence-electron chi connectivity index (χ0n) is 20.5. The van der Waals surface area contributed by atoms with Crippen LogP contribution in [0.15, 0.2) is 42.5 Å². The number of hydrogen-bond acceptors (Lipinski definition) is 5. The molecule has 6 nitrogen and oxygen atoms in total. The summed E-state index contributed by atoms with van der Waals surface area (Å²) < 4.78 is 0. The Morgan fingerprint density at radius 1 is 1.06 bits per heavy atom. The van der Waals surface area contributed by atoms with Gasteiger partial charge in [-0.3, -0.25) is 4.79 Å². The number of benzene rings is 2. The molecule has 0 saturated heterocycles. The third kappa shape index (κ3) is 7.83. The molecule has 1 aliphatic rings. The minimum absolute atomic E-state index is 0.0248. The first-order valence-electron chi connectivity index (χ1n) is 12.6. The maximum atomic E-state index is 12.6. The van der Waals surface area contributed by atoms with Gasteiger partial charge in [0.1, 0.15) is 5.75 Å². The van der Waals surface area contributed by atoms with Crippen molar-refractivity contribution in [2.75, 3.05) is 6.54 Å². The van der Waals surface area contributed by atoms with Gasteiger partial charge in [0.15, 0.2) is 0 Å². The normalized spacial score (nSPS) is 17.2. The lowest BCUT2D eigenvalue weighted by atomic mass is 9.84. The smallest absolute Gasteiger partial charge is 0.224 e. The first-order valence-corrected chi connectivity index (χ1v) is 12.6. The molecular formula is C28H40N2O4. The molecule has 2 aromatic carbocycles. The number of rotatable bonds is 11. The molecule has 1 fully saturated rings. The number of aliphatic hydroxyl groups is 2. The number of amides is 1. The highest BCUT2D eigenvalue weighted by Gasteiger charge is 2.21. The predicted molar refractivity (Wildman–Crippen MR) is 134 cm³/mol. The molecule has 1 amide bonds. The lowest BCUT2D eigenvalue weighted by Gasteiger charge is -2.28. The Morgan fingerprint density at radius 2 is 1.79 bits per heavy atom. The zero-order chi connectivity index (χ0) is 24.5. The Balaban J connectivity index is 1.47. The third-order valence-electron chi connectivity index (χ3n) is 6.96. The zero-order valence-corrected chi connectivity index (χ0v) is 20.5. The summed E-state index contributed by atoms with van der Waals surface area (Å²) in [5.41, 5.74) is 3.21. The maximum absolute atomic E-state index is 12.6. The average Bonchev–Trinajstić information content (AvgIpc) is 2.83. The van der Waals surface area contributed by atoms with Crippen molar-refractivity contribution >= 4 is 5.91 Å². The van der Waals surface area contributed by atoms with Crippen LogP contribution in [0.5, 0.6) is 5.75 Å². The molecule has 0 unspecified atom stereocenters. The van der Waals surface area contributed by atoms with Gasteiger partial charge in [-0.25, -0.2) is 0 Å². The summed E-state index contributed by atoms with van der Waals surface area (Å²) in [5.74, 6) is 0.709. The molecule has 0 heterocycles. The molecule has 0 aromatic heterocycles. The maximum Gasteiger partial charge on any atom is 0.224 e. The van der Waals surface area contributed by atoms with Gasteiger partial charge >= 0.3 is 0 Å². The Hall–Kier alpha value is -2.41. The Bertz CT molecular complexity index is 926. The van der Waals surface area contributed by atoms with Gasteiger partial charge in [0, 0.05) is 24.2 Å². The second kappa shape index (κ2) is 12.9. The first-order chi connectivity index (χ1) is 16.4. The molecule has 3 atom stereocenters. The largest absolute Gasteiger partial charge is 0.508 e. The van der Waals surface area contributed by atoms with Gasteiger partial charge in [-0.05, 0) is 67.9 Å². The van der Waals surface area contributed by atoms with Crippen molar-refractivity contribution < 1.29 is 20.1 Å². The van der Waals surface area contributed by atoms with Gasteiger partial charge < -0.3 is 26.0 Å². The van der Waals surface area contributed by atoms with E-state index in [2.05, 4.69) is 36.6 Å². The fourth-order valence-electron chi connectivity index (χ4n) is 4.90. The van der Waals surface area contributed by atoms with Gasteiger partial charge in [0.05, 0.1) is 19.1 Å². The van der Waals surface area contributed by atoms with Crippen LogP contribution < -0.4 is 10.6 Å². The highest BCUT2D eigenvalue weighted by molar-refractivity contribution is 5.78. The van der Waals surface area contributed by atoms with Gasteiger partial charge in [-0.2, -0.15) is 0 Å². The van der Waals surface area contributed by atoms with Crippen molar-refractivity contribution in [1.82, 2.24) is 10.6 Å². The molecule has 5 N–H and O–H groups in total. The van der Waals surface area contributed by atoms with Crippen molar-refractivity contribution in [3.05, 3.63) is 64.7 Å². The lowest BCUT2D eigenvalue weighted by Crippen LogP contribution is -2.39.